The van der Waals surface area contributed by atoms with Crippen LogP contribution in [0.15, 0.2) is 81.5 Å². The number of carbonyl (C=O) groups is 1. The number of hydrogen-bond acceptors (Lipinski definition) is 5. The summed E-state index contributed by atoms with van der Waals surface area (Å²) >= 11 is 0. The molecule has 3 heterocycles. The van der Waals surface area contributed by atoms with Crippen LogP contribution in [-0.2, 0) is 23.1 Å². The summed E-state index contributed by atoms with van der Waals surface area (Å²) < 4.78 is 7.92. The number of nitrogens with one attached hydrogen (secondary N) is 1. The lowest BCUT2D eigenvalue weighted by Crippen LogP contribution is -2.44. The summed E-state index contributed by atoms with van der Waals surface area (Å²) in [6, 6.07) is 18.9. The molecule has 0 spiro atoms. The number of benzene rings is 2. The summed E-state index contributed by atoms with van der Waals surface area (Å²) in [4.78, 5) is 38.8. The Kier molecular flexibility index (Phi) is 4.17. The number of carbonyl (C=O) groups excluding carboxylic acids is 1. The maximum atomic E-state index is 13.3. The van der Waals surface area contributed by atoms with Crippen LogP contribution in [0.2, 0.25) is 0 Å². The first-order valence-electron chi connectivity index (χ1n) is 9.66. The normalized spacial score (nSPS) is 17.2. The van der Waals surface area contributed by atoms with Gasteiger partial charge in [-0.3, -0.25) is 13.9 Å². The molecule has 0 unspecified atom stereocenters. The molecule has 0 radical (unpaired) electrons. The molecule has 0 saturated heterocycles. The van der Waals surface area contributed by atoms with Crippen LogP contribution in [0, 0.1) is 0 Å². The Morgan fingerprint density at radius 3 is 2.37 bits per heavy atom. The summed E-state index contributed by atoms with van der Waals surface area (Å²) in [5, 5.41) is 3.17. The highest BCUT2D eigenvalue weighted by Gasteiger charge is 2.41. The van der Waals surface area contributed by atoms with Crippen molar-refractivity contribution in [3.05, 3.63) is 109 Å². The molecule has 5 rings (SSSR count). The molecule has 1 aromatic heterocycles. The van der Waals surface area contributed by atoms with E-state index in [1.165, 1.54) is 7.05 Å². The molecular formula is C23H19N3O4. The largest absolute Gasteiger partial charge is 0.456 e. The number of fused-ring (bicyclic) bond motifs is 1. The molecule has 2 aliphatic heterocycles. The van der Waals surface area contributed by atoms with Gasteiger partial charge in [0.25, 0.3) is 5.56 Å². The maximum absolute atomic E-state index is 13.3. The second-order valence-corrected chi connectivity index (χ2v) is 7.42. The van der Waals surface area contributed by atoms with Gasteiger partial charge in [0.2, 0.25) is 0 Å². The van der Waals surface area contributed by atoms with Crippen LogP contribution >= 0.6 is 0 Å². The highest BCUT2D eigenvalue weighted by Crippen LogP contribution is 2.42. The van der Waals surface area contributed by atoms with Crippen molar-refractivity contribution in [2.75, 3.05) is 11.9 Å². The van der Waals surface area contributed by atoms with Gasteiger partial charge in [-0.25, -0.2) is 9.59 Å². The number of aromatic nitrogens is 2. The van der Waals surface area contributed by atoms with Crippen molar-refractivity contribution in [3.8, 4) is 0 Å². The molecule has 0 amide bonds. The van der Waals surface area contributed by atoms with Gasteiger partial charge in [-0.05, 0) is 11.1 Å². The van der Waals surface area contributed by atoms with Gasteiger partial charge >= 0.3 is 11.7 Å². The van der Waals surface area contributed by atoms with E-state index in [0.717, 1.165) is 15.7 Å². The fraction of sp³-hybridized carbons (Fsp3) is 0.174. The third kappa shape index (κ3) is 2.70. The van der Waals surface area contributed by atoms with Crippen molar-refractivity contribution in [1.29, 1.82) is 0 Å². The lowest BCUT2D eigenvalue weighted by Gasteiger charge is -2.29. The SMILES string of the molecule is Cn1c(=O)c2c(n(Cc3ccccc3)c1=O)NC1=C(C(=O)OC1)[C@@H]2c1ccccc1. The molecule has 1 atom stereocenters. The van der Waals surface area contributed by atoms with Crippen molar-refractivity contribution in [3.63, 3.8) is 0 Å². The van der Waals surface area contributed by atoms with E-state index < -0.39 is 23.1 Å². The Morgan fingerprint density at radius 2 is 1.67 bits per heavy atom. The standard InChI is InChI=1S/C23H19N3O4/c1-25-21(27)19-17(15-10-6-3-7-11-15)18-16(13-30-22(18)28)24-20(19)26(23(25)29)12-14-8-4-2-5-9-14/h2-11,17,24H,12-13H2,1H3/t17-/m0/s1. The second-order valence-electron chi connectivity index (χ2n) is 7.42. The zero-order valence-electron chi connectivity index (χ0n) is 16.3. The van der Waals surface area contributed by atoms with Crippen LogP contribution in [0.25, 0.3) is 0 Å². The molecule has 0 saturated carbocycles. The number of ether oxygens (including phenoxy) is 1. The van der Waals surface area contributed by atoms with E-state index in [0.29, 0.717) is 29.2 Å². The van der Waals surface area contributed by atoms with Gasteiger partial charge in [0.05, 0.1) is 29.3 Å². The minimum atomic E-state index is -0.603. The summed E-state index contributed by atoms with van der Waals surface area (Å²) in [5.41, 5.74) is 2.28. The first kappa shape index (κ1) is 18.2. The van der Waals surface area contributed by atoms with E-state index in [1.807, 2.05) is 60.7 Å². The summed E-state index contributed by atoms with van der Waals surface area (Å²) in [6.07, 6.45) is 0. The molecule has 30 heavy (non-hydrogen) atoms. The lowest BCUT2D eigenvalue weighted by molar-refractivity contribution is -0.136. The van der Waals surface area contributed by atoms with Gasteiger partial charge in [-0.1, -0.05) is 60.7 Å². The minimum Gasteiger partial charge on any atom is -0.456 e. The monoisotopic (exact) mass is 401 g/mol. The van der Waals surface area contributed by atoms with Gasteiger partial charge in [-0.2, -0.15) is 0 Å². The molecule has 150 valence electrons. The summed E-state index contributed by atoms with van der Waals surface area (Å²) in [7, 11) is 1.46. The topological polar surface area (TPSA) is 82.3 Å². The number of anilines is 1. The summed E-state index contributed by atoms with van der Waals surface area (Å²) in [6.45, 7) is 0.383. The smallest absolute Gasteiger partial charge is 0.337 e. The molecule has 3 aromatic rings. The van der Waals surface area contributed by atoms with Crippen LogP contribution < -0.4 is 16.6 Å². The van der Waals surface area contributed by atoms with Crippen molar-refractivity contribution >= 4 is 11.8 Å². The number of cyclic esters (lactones) is 1. The van der Waals surface area contributed by atoms with E-state index in [9.17, 15) is 14.4 Å². The zero-order chi connectivity index (χ0) is 20.8. The molecule has 7 heteroatoms. The highest BCUT2D eigenvalue weighted by molar-refractivity contribution is 5.96. The van der Waals surface area contributed by atoms with Crippen molar-refractivity contribution in [2.45, 2.75) is 12.5 Å². The Bertz CT molecular complexity index is 1300. The van der Waals surface area contributed by atoms with Crippen LogP contribution in [0.3, 0.4) is 0 Å². The third-order valence-corrected chi connectivity index (χ3v) is 5.63. The maximum Gasteiger partial charge on any atom is 0.337 e. The summed E-state index contributed by atoms with van der Waals surface area (Å²) in [5.74, 6) is -0.633. The van der Waals surface area contributed by atoms with Gasteiger partial charge in [0, 0.05) is 7.05 Å². The Hall–Kier alpha value is -3.87. The van der Waals surface area contributed by atoms with E-state index >= 15 is 0 Å². The Labute approximate surface area is 171 Å². The Morgan fingerprint density at radius 1 is 1.00 bits per heavy atom. The van der Waals surface area contributed by atoms with Crippen molar-refractivity contribution in [1.82, 2.24) is 9.13 Å². The second kappa shape index (κ2) is 6.88. The first-order valence-corrected chi connectivity index (χ1v) is 9.66. The number of hydrogen-bond donors (Lipinski definition) is 1. The molecule has 2 aromatic carbocycles. The molecule has 0 aliphatic carbocycles. The zero-order valence-corrected chi connectivity index (χ0v) is 16.3. The van der Waals surface area contributed by atoms with Gasteiger partial charge in [0.1, 0.15) is 12.4 Å². The van der Waals surface area contributed by atoms with Gasteiger partial charge in [0.15, 0.2) is 0 Å². The van der Waals surface area contributed by atoms with E-state index in [1.54, 1.807) is 4.57 Å². The lowest BCUT2D eigenvalue weighted by atomic mass is 9.82. The van der Waals surface area contributed by atoms with E-state index in [-0.39, 0.29) is 6.61 Å². The molecule has 2 aliphatic rings. The van der Waals surface area contributed by atoms with Crippen LogP contribution in [0.4, 0.5) is 5.82 Å². The van der Waals surface area contributed by atoms with E-state index in [2.05, 4.69) is 5.32 Å². The Balaban J connectivity index is 1.80. The highest BCUT2D eigenvalue weighted by atomic mass is 16.5. The molecule has 0 bridgehead atoms. The molecular weight excluding hydrogens is 382 g/mol. The number of rotatable bonds is 3. The third-order valence-electron chi connectivity index (χ3n) is 5.63. The molecule has 1 N–H and O–H groups in total. The van der Waals surface area contributed by atoms with Crippen LogP contribution in [-0.4, -0.2) is 21.7 Å². The number of esters is 1. The van der Waals surface area contributed by atoms with Crippen LogP contribution in [0.1, 0.15) is 22.6 Å². The van der Waals surface area contributed by atoms with Crippen molar-refractivity contribution in [2.24, 2.45) is 7.05 Å². The van der Waals surface area contributed by atoms with Gasteiger partial charge in [-0.15, -0.1) is 0 Å². The molecule has 0 fully saturated rings. The average molecular weight is 401 g/mol. The predicted octanol–water partition coefficient (Wildman–Crippen LogP) is 1.96. The van der Waals surface area contributed by atoms with Crippen molar-refractivity contribution < 1.29 is 9.53 Å². The quantitative estimate of drug-likeness (QED) is 0.679. The predicted molar refractivity (Wildman–Crippen MR) is 111 cm³/mol. The average Bonchev–Trinajstić information content (AvgIpc) is 3.15. The fourth-order valence-electron chi connectivity index (χ4n) is 4.18. The van der Waals surface area contributed by atoms with Crippen LogP contribution in [0.5, 0.6) is 0 Å². The minimum absolute atomic E-state index is 0.0890. The molecule has 7 nitrogen and oxygen atoms in total. The number of nitrogens with zero attached hydrogens (tertiary/aromatic N) is 2. The first-order chi connectivity index (χ1) is 14.6. The van der Waals surface area contributed by atoms with Gasteiger partial charge < -0.3 is 10.1 Å². The van der Waals surface area contributed by atoms with E-state index in [4.69, 9.17) is 4.74 Å². The fourth-order valence-corrected chi connectivity index (χ4v) is 4.18.